The van der Waals surface area contributed by atoms with E-state index in [4.69, 9.17) is 0 Å². The molecule has 0 aliphatic rings. The third-order valence-corrected chi connectivity index (χ3v) is 2.94. The predicted octanol–water partition coefficient (Wildman–Crippen LogP) is 2.75. The van der Waals surface area contributed by atoms with Crippen molar-refractivity contribution in [3.63, 3.8) is 0 Å². The average Bonchev–Trinajstić information content (AvgIpc) is 2.80. The highest BCUT2D eigenvalue weighted by atomic mass is 14.9. The van der Waals surface area contributed by atoms with Crippen molar-refractivity contribution >= 4 is 21.8 Å². The van der Waals surface area contributed by atoms with Gasteiger partial charge in [-0.1, -0.05) is 0 Å². The third-order valence-electron chi connectivity index (χ3n) is 2.94. The molecule has 1 aromatic carbocycles. The van der Waals surface area contributed by atoms with Crippen molar-refractivity contribution in [3.8, 4) is 0 Å². The van der Waals surface area contributed by atoms with Gasteiger partial charge in [0.2, 0.25) is 0 Å². The second-order valence-corrected chi connectivity index (χ2v) is 3.84. The van der Waals surface area contributed by atoms with Gasteiger partial charge in [-0.15, -0.1) is 0 Å². The highest BCUT2D eigenvalue weighted by Crippen LogP contribution is 2.22. The van der Waals surface area contributed by atoms with Crippen molar-refractivity contribution in [1.82, 2.24) is 9.13 Å². The summed E-state index contributed by atoms with van der Waals surface area (Å²) in [6.07, 6.45) is 5.22. The Morgan fingerprint density at radius 2 is 2.13 bits per heavy atom. The van der Waals surface area contributed by atoms with Crippen molar-refractivity contribution in [3.05, 3.63) is 36.7 Å². The summed E-state index contributed by atoms with van der Waals surface area (Å²) in [5.41, 5.74) is 2.47. The van der Waals surface area contributed by atoms with Crippen LogP contribution >= 0.6 is 0 Å². The van der Waals surface area contributed by atoms with E-state index in [1.807, 2.05) is 0 Å². The SMILES string of the molecule is CCn1c#cc2cc3c(ccn3C)cc21. The van der Waals surface area contributed by atoms with E-state index in [-0.39, 0.29) is 0 Å². The maximum atomic E-state index is 3.17. The first-order chi connectivity index (χ1) is 7.29. The van der Waals surface area contributed by atoms with Gasteiger partial charge < -0.3 is 9.13 Å². The first-order valence-electron chi connectivity index (χ1n) is 5.18. The highest BCUT2D eigenvalue weighted by Gasteiger charge is 2.03. The van der Waals surface area contributed by atoms with Gasteiger partial charge in [-0.25, -0.2) is 0 Å². The minimum Gasteiger partial charge on any atom is -0.351 e. The Hall–Kier alpha value is -1.88. The average molecular weight is 196 g/mol. The van der Waals surface area contributed by atoms with Crippen molar-refractivity contribution in [2.24, 2.45) is 7.05 Å². The molecule has 3 aromatic rings. The lowest BCUT2D eigenvalue weighted by atomic mass is 10.2. The molecule has 0 radical (unpaired) electrons. The molecule has 0 amide bonds. The second kappa shape index (κ2) is 2.80. The molecular weight excluding hydrogens is 184 g/mol. The van der Waals surface area contributed by atoms with Crippen LogP contribution in [0.1, 0.15) is 6.92 Å². The molecule has 15 heavy (non-hydrogen) atoms. The van der Waals surface area contributed by atoms with Crippen LogP contribution in [-0.4, -0.2) is 9.13 Å². The van der Waals surface area contributed by atoms with Crippen molar-refractivity contribution in [2.45, 2.75) is 13.5 Å². The van der Waals surface area contributed by atoms with E-state index >= 15 is 0 Å². The lowest BCUT2D eigenvalue weighted by Crippen LogP contribution is -1.90. The molecule has 0 saturated carbocycles. The zero-order chi connectivity index (χ0) is 10.4. The first kappa shape index (κ1) is 8.43. The van der Waals surface area contributed by atoms with E-state index in [9.17, 15) is 0 Å². The lowest BCUT2D eigenvalue weighted by molar-refractivity contribution is 0.798. The third kappa shape index (κ3) is 1.07. The molecule has 2 heteroatoms. The topological polar surface area (TPSA) is 9.86 Å². The van der Waals surface area contributed by atoms with Crippen LogP contribution in [0.15, 0.2) is 24.4 Å². The Labute approximate surface area is 88.7 Å². The molecule has 2 aromatic heterocycles. The van der Waals surface area contributed by atoms with Crippen LogP contribution < -0.4 is 0 Å². The number of aryl methyl sites for hydroxylation is 2. The molecule has 0 aliphatic heterocycles. The monoisotopic (exact) mass is 196 g/mol. The molecule has 3 rings (SSSR count). The van der Waals surface area contributed by atoms with Crippen LogP contribution in [0.5, 0.6) is 0 Å². The van der Waals surface area contributed by atoms with Gasteiger partial charge in [0.25, 0.3) is 0 Å². The molecule has 0 spiro atoms. The number of rotatable bonds is 1. The molecule has 0 saturated heterocycles. The number of fused-ring (bicyclic) bond motifs is 2. The highest BCUT2D eigenvalue weighted by molar-refractivity contribution is 5.95. The number of nitrogens with zero attached hydrogens (tertiary/aromatic N) is 2. The second-order valence-electron chi connectivity index (χ2n) is 3.84. The molecule has 0 bridgehead atoms. The molecule has 0 fully saturated rings. The van der Waals surface area contributed by atoms with Crippen molar-refractivity contribution in [2.75, 3.05) is 0 Å². The van der Waals surface area contributed by atoms with Gasteiger partial charge in [-0.3, -0.25) is 0 Å². The number of aromatic nitrogens is 2. The van der Waals surface area contributed by atoms with Crippen LogP contribution in [-0.2, 0) is 13.6 Å². The molecule has 0 atom stereocenters. The number of benzene rings is 1. The lowest BCUT2D eigenvalue weighted by Gasteiger charge is -2.00. The minimum atomic E-state index is 0.943. The van der Waals surface area contributed by atoms with Gasteiger partial charge in [0.15, 0.2) is 0 Å². The summed E-state index contributed by atoms with van der Waals surface area (Å²) in [4.78, 5) is 0. The molecule has 0 N–H and O–H groups in total. The standard InChI is InChI=1S/C13H12N2/c1-3-15-7-5-11-8-12-10(9-13(11)15)4-6-14(12)2/h4,6,8-9H,3H2,1-2H3. The summed E-state index contributed by atoms with van der Waals surface area (Å²) < 4.78 is 4.23. The summed E-state index contributed by atoms with van der Waals surface area (Å²) >= 11 is 0. The van der Waals surface area contributed by atoms with Crippen LogP contribution in [0.25, 0.3) is 21.8 Å². The number of hydrogen-bond donors (Lipinski definition) is 0. The summed E-state index contributed by atoms with van der Waals surface area (Å²) in [6.45, 7) is 3.07. The largest absolute Gasteiger partial charge is 0.351 e. The molecule has 2 nitrogen and oxygen atoms in total. The minimum absolute atomic E-state index is 0.943. The van der Waals surface area contributed by atoms with E-state index in [0.717, 1.165) is 11.9 Å². The van der Waals surface area contributed by atoms with Gasteiger partial charge in [-0.2, -0.15) is 0 Å². The Kier molecular flexibility index (Phi) is 1.58. The van der Waals surface area contributed by atoms with Crippen molar-refractivity contribution < 1.29 is 0 Å². The zero-order valence-electron chi connectivity index (χ0n) is 8.91. The fourth-order valence-corrected chi connectivity index (χ4v) is 2.07. The predicted molar refractivity (Wildman–Crippen MR) is 61.8 cm³/mol. The first-order valence-corrected chi connectivity index (χ1v) is 5.18. The summed E-state index contributed by atoms with van der Waals surface area (Å²) in [7, 11) is 2.06. The normalized spacial score (nSPS) is 11.1. The van der Waals surface area contributed by atoms with E-state index in [1.165, 1.54) is 16.4 Å². The Bertz CT molecular complexity index is 628. The molecular formula is C13H12N2. The van der Waals surface area contributed by atoms with E-state index < -0.39 is 0 Å². The van der Waals surface area contributed by atoms with Gasteiger partial charge in [0, 0.05) is 36.9 Å². The number of hydrogen-bond acceptors (Lipinski definition) is 0. The van der Waals surface area contributed by atoms with E-state index in [1.54, 1.807) is 0 Å². The fourth-order valence-electron chi connectivity index (χ4n) is 2.07. The van der Waals surface area contributed by atoms with E-state index in [0.29, 0.717) is 0 Å². The van der Waals surface area contributed by atoms with Gasteiger partial charge in [-0.05, 0) is 31.2 Å². The summed E-state index contributed by atoms with van der Waals surface area (Å²) in [6, 6.07) is 9.70. The van der Waals surface area contributed by atoms with Crippen LogP contribution in [0.3, 0.4) is 0 Å². The molecule has 0 aliphatic carbocycles. The zero-order valence-corrected chi connectivity index (χ0v) is 8.91. The molecule has 74 valence electrons. The quantitative estimate of drug-likeness (QED) is 0.566. The van der Waals surface area contributed by atoms with Crippen molar-refractivity contribution in [1.29, 1.82) is 0 Å². The smallest absolute Gasteiger partial charge is 0.0653 e. The van der Waals surface area contributed by atoms with Gasteiger partial charge >= 0.3 is 0 Å². The maximum absolute atomic E-state index is 3.17. The van der Waals surface area contributed by atoms with Crippen LogP contribution in [0.2, 0.25) is 0 Å². The van der Waals surface area contributed by atoms with Crippen LogP contribution in [0.4, 0.5) is 0 Å². The van der Waals surface area contributed by atoms with Crippen LogP contribution in [0, 0.1) is 12.3 Å². The van der Waals surface area contributed by atoms with E-state index in [2.05, 4.69) is 59.8 Å². The Morgan fingerprint density at radius 3 is 2.93 bits per heavy atom. The molecule has 0 unspecified atom stereocenters. The summed E-state index contributed by atoms with van der Waals surface area (Å²) in [5, 5.41) is 2.42. The van der Waals surface area contributed by atoms with Gasteiger partial charge in [0.1, 0.15) is 0 Å². The summed E-state index contributed by atoms with van der Waals surface area (Å²) in [5.74, 6) is 0. The Balaban J connectivity index is 2.46. The Morgan fingerprint density at radius 1 is 1.27 bits per heavy atom. The van der Waals surface area contributed by atoms with Gasteiger partial charge in [0.05, 0.1) is 10.9 Å². The fraction of sp³-hybridized carbons (Fsp3) is 0.231. The molecule has 2 heterocycles. The maximum Gasteiger partial charge on any atom is 0.0653 e.